The Hall–Kier alpha value is -1.12. The van der Waals surface area contributed by atoms with E-state index in [2.05, 4.69) is 49.6 Å². The molecular weight excluding hydrogens is 228 g/mol. The molecule has 1 unspecified atom stereocenters. The molecule has 1 atom stereocenters. The highest BCUT2D eigenvalue weighted by Crippen LogP contribution is 2.31. The van der Waals surface area contributed by atoms with Gasteiger partial charge in [-0.1, -0.05) is 42.8 Å². The van der Waals surface area contributed by atoms with Crippen LogP contribution in [0.25, 0.3) is 0 Å². The Labute approximate surface area is 107 Å². The van der Waals surface area contributed by atoms with Crippen LogP contribution >= 0.6 is 11.3 Å². The van der Waals surface area contributed by atoms with Gasteiger partial charge < -0.3 is 5.11 Å². The fourth-order valence-corrected chi connectivity index (χ4v) is 3.00. The molecule has 2 heteroatoms. The molecule has 0 saturated carbocycles. The maximum absolute atomic E-state index is 9.69. The lowest BCUT2D eigenvalue weighted by atomic mass is 9.83. The summed E-state index contributed by atoms with van der Waals surface area (Å²) in [6.45, 7) is 4.41. The Kier molecular flexibility index (Phi) is 3.65. The molecule has 0 aliphatic rings. The Morgan fingerprint density at radius 3 is 2.65 bits per heavy atom. The van der Waals surface area contributed by atoms with E-state index in [1.165, 1.54) is 16.0 Å². The summed E-state index contributed by atoms with van der Waals surface area (Å²) < 4.78 is 0. The Bertz CT molecular complexity index is 475. The van der Waals surface area contributed by atoms with Crippen LogP contribution in [0.1, 0.15) is 22.9 Å². The molecular formula is C15H18OS. The molecule has 1 N–H and O–H groups in total. The predicted molar refractivity (Wildman–Crippen MR) is 73.6 cm³/mol. The summed E-state index contributed by atoms with van der Waals surface area (Å²) in [4.78, 5) is 1.25. The summed E-state index contributed by atoms with van der Waals surface area (Å²) in [5.74, 6) is 0. The topological polar surface area (TPSA) is 20.2 Å². The monoisotopic (exact) mass is 246 g/mol. The van der Waals surface area contributed by atoms with Crippen molar-refractivity contribution in [1.82, 2.24) is 0 Å². The molecule has 1 nitrogen and oxygen atoms in total. The Morgan fingerprint density at radius 1 is 1.24 bits per heavy atom. The van der Waals surface area contributed by atoms with Crippen LogP contribution in [0.4, 0.5) is 0 Å². The minimum atomic E-state index is -0.165. The minimum absolute atomic E-state index is 0.165. The third-order valence-corrected chi connectivity index (χ3v) is 4.32. The van der Waals surface area contributed by atoms with Crippen molar-refractivity contribution in [2.24, 2.45) is 0 Å². The molecule has 0 bridgehead atoms. The molecule has 2 rings (SSSR count). The quantitative estimate of drug-likeness (QED) is 0.874. The molecule has 0 aliphatic carbocycles. The zero-order valence-corrected chi connectivity index (χ0v) is 11.1. The number of aliphatic hydroxyl groups is 1. The maximum atomic E-state index is 9.69. The van der Waals surface area contributed by atoms with Crippen molar-refractivity contribution in [3.8, 4) is 0 Å². The molecule has 0 fully saturated rings. The predicted octanol–water partition coefficient (Wildman–Crippen LogP) is 3.55. The zero-order valence-electron chi connectivity index (χ0n) is 10.3. The molecule has 17 heavy (non-hydrogen) atoms. The number of hydrogen-bond acceptors (Lipinski definition) is 2. The molecule has 1 aromatic carbocycles. The van der Waals surface area contributed by atoms with Crippen LogP contribution in [0.3, 0.4) is 0 Å². The highest BCUT2D eigenvalue weighted by molar-refractivity contribution is 7.10. The molecule has 0 radical (unpaired) electrons. The average molecular weight is 246 g/mol. The van der Waals surface area contributed by atoms with Crippen molar-refractivity contribution in [3.05, 3.63) is 57.8 Å². The van der Waals surface area contributed by atoms with Crippen molar-refractivity contribution < 1.29 is 5.11 Å². The van der Waals surface area contributed by atoms with Gasteiger partial charge >= 0.3 is 0 Å². The molecule has 0 aliphatic heterocycles. The summed E-state index contributed by atoms with van der Waals surface area (Å²) in [5.41, 5.74) is 2.39. The van der Waals surface area contributed by atoms with Crippen LogP contribution in [0.2, 0.25) is 0 Å². The summed E-state index contributed by atoms with van der Waals surface area (Å²) in [5, 5.41) is 11.8. The van der Waals surface area contributed by atoms with E-state index in [1.54, 1.807) is 11.3 Å². The van der Waals surface area contributed by atoms with Gasteiger partial charge in [-0.05, 0) is 30.4 Å². The summed E-state index contributed by atoms with van der Waals surface area (Å²) >= 11 is 1.72. The van der Waals surface area contributed by atoms with E-state index >= 15 is 0 Å². The first-order valence-electron chi connectivity index (χ1n) is 5.84. The van der Waals surface area contributed by atoms with E-state index in [1.807, 2.05) is 6.07 Å². The molecule has 2 aromatic rings. The molecule has 1 heterocycles. The lowest BCUT2D eigenvalue weighted by Gasteiger charge is -2.26. The molecule has 0 amide bonds. The molecule has 1 aromatic heterocycles. The van der Waals surface area contributed by atoms with Gasteiger partial charge in [0.05, 0.1) is 6.61 Å². The average Bonchev–Trinajstić information content (AvgIpc) is 2.83. The first kappa shape index (κ1) is 12.3. The van der Waals surface area contributed by atoms with Crippen LogP contribution in [0.15, 0.2) is 41.8 Å². The van der Waals surface area contributed by atoms with Gasteiger partial charge in [0.25, 0.3) is 0 Å². The van der Waals surface area contributed by atoms with Gasteiger partial charge in [0.15, 0.2) is 0 Å². The molecule has 0 saturated heterocycles. The number of rotatable bonds is 4. The minimum Gasteiger partial charge on any atom is -0.395 e. The highest BCUT2D eigenvalue weighted by Gasteiger charge is 2.27. The highest BCUT2D eigenvalue weighted by atomic mass is 32.1. The van der Waals surface area contributed by atoms with Gasteiger partial charge in [0.2, 0.25) is 0 Å². The van der Waals surface area contributed by atoms with Crippen molar-refractivity contribution in [1.29, 1.82) is 0 Å². The Morgan fingerprint density at radius 2 is 2.06 bits per heavy atom. The number of hydrogen-bond donors (Lipinski definition) is 1. The van der Waals surface area contributed by atoms with Crippen molar-refractivity contribution >= 4 is 11.3 Å². The van der Waals surface area contributed by atoms with Crippen molar-refractivity contribution in [2.75, 3.05) is 6.61 Å². The summed E-state index contributed by atoms with van der Waals surface area (Å²) in [7, 11) is 0. The zero-order chi connectivity index (χ0) is 12.3. The van der Waals surface area contributed by atoms with Crippen LogP contribution in [-0.2, 0) is 11.8 Å². The SMILES string of the molecule is Cc1cccc(CC(C)(CO)c2cccs2)c1. The van der Waals surface area contributed by atoms with E-state index in [4.69, 9.17) is 0 Å². The summed E-state index contributed by atoms with van der Waals surface area (Å²) in [6, 6.07) is 12.7. The van der Waals surface area contributed by atoms with Gasteiger partial charge in [-0.25, -0.2) is 0 Å². The molecule has 0 spiro atoms. The van der Waals surface area contributed by atoms with E-state index in [0.717, 1.165) is 6.42 Å². The second kappa shape index (κ2) is 5.03. The normalized spacial score (nSPS) is 14.5. The largest absolute Gasteiger partial charge is 0.395 e. The standard InChI is InChI=1S/C15H18OS/c1-12-5-3-6-13(9-12)10-15(2,11-16)14-7-4-8-17-14/h3-9,16H,10-11H2,1-2H3. The van der Waals surface area contributed by atoms with E-state index < -0.39 is 0 Å². The fourth-order valence-electron chi connectivity index (χ4n) is 2.12. The Balaban J connectivity index is 2.26. The van der Waals surface area contributed by atoms with Crippen molar-refractivity contribution in [2.45, 2.75) is 25.7 Å². The van der Waals surface area contributed by atoms with Gasteiger partial charge in [0.1, 0.15) is 0 Å². The number of benzene rings is 1. The first-order valence-corrected chi connectivity index (χ1v) is 6.72. The van der Waals surface area contributed by atoms with Gasteiger partial charge in [-0.3, -0.25) is 0 Å². The lowest BCUT2D eigenvalue weighted by Crippen LogP contribution is -2.28. The summed E-state index contributed by atoms with van der Waals surface area (Å²) in [6.07, 6.45) is 0.881. The lowest BCUT2D eigenvalue weighted by molar-refractivity contribution is 0.207. The number of thiophene rings is 1. The molecule has 90 valence electrons. The number of aliphatic hydroxyl groups excluding tert-OH is 1. The van der Waals surface area contributed by atoms with E-state index in [-0.39, 0.29) is 12.0 Å². The third kappa shape index (κ3) is 2.76. The van der Waals surface area contributed by atoms with Gasteiger partial charge in [0, 0.05) is 10.3 Å². The fraction of sp³-hybridized carbons (Fsp3) is 0.333. The van der Waals surface area contributed by atoms with Gasteiger partial charge in [-0.15, -0.1) is 11.3 Å². The van der Waals surface area contributed by atoms with Crippen LogP contribution in [0.5, 0.6) is 0 Å². The van der Waals surface area contributed by atoms with Crippen LogP contribution < -0.4 is 0 Å². The van der Waals surface area contributed by atoms with E-state index in [0.29, 0.717) is 0 Å². The van der Waals surface area contributed by atoms with Crippen molar-refractivity contribution in [3.63, 3.8) is 0 Å². The second-order valence-corrected chi connectivity index (χ2v) is 5.81. The first-order chi connectivity index (χ1) is 8.14. The maximum Gasteiger partial charge on any atom is 0.0536 e. The van der Waals surface area contributed by atoms with E-state index in [9.17, 15) is 5.11 Å². The van der Waals surface area contributed by atoms with Crippen LogP contribution in [0, 0.1) is 6.92 Å². The number of aryl methyl sites for hydroxylation is 1. The third-order valence-electron chi connectivity index (χ3n) is 3.14. The van der Waals surface area contributed by atoms with Crippen LogP contribution in [-0.4, -0.2) is 11.7 Å². The smallest absolute Gasteiger partial charge is 0.0536 e. The second-order valence-electron chi connectivity index (χ2n) is 4.86. The van der Waals surface area contributed by atoms with Gasteiger partial charge in [-0.2, -0.15) is 0 Å².